The van der Waals surface area contributed by atoms with Gasteiger partial charge in [0.05, 0.1) is 19.3 Å². The summed E-state index contributed by atoms with van der Waals surface area (Å²) in [6.07, 6.45) is -0.268. The van der Waals surface area contributed by atoms with E-state index in [-0.39, 0.29) is 18.8 Å². The topological polar surface area (TPSA) is 218 Å². The third-order valence-corrected chi connectivity index (χ3v) is 6.68. The van der Waals surface area contributed by atoms with Gasteiger partial charge in [-0.2, -0.15) is 4.68 Å². The van der Waals surface area contributed by atoms with Gasteiger partial charge in [0.15, 0.2) is 5.82 Å². The van der Waals surface area contributed by atoms with E-state index >= 15 is 0 Å². The van der Waals surface area contributed by atoms with Crippen LogP contribution in [0.25, 0.3) is 16.1 Å². The monoisotopic (exact) mass is 575 g/mol. The fourth-order valence-electron chi connectivity index (χ4n) is 4.61. The van der Waals surface area contributed by atoms with Crippen LogP contribution in [0, 0.1) is 0 Å². The minimum atomic E-state index is -1.54. The Morgan fingerprint density at radius 2 is 1.74 bits per heavy atom. The van der Waals surface area contributed by atoms with Crippen LogP contribution in [0.2, 0.25) is 0 Å². The average molecular weight is 576 g/mol. The van der Waals surface area contributed by atoms with Gasteiger partial charge in [-0.15, -0.1) is 5.10 Å². The van der Waals surface area contributed by atoms with Crippen molar-refractivity contribution in [3.05, 3.63) is 76.4 Å². The lowest BCUT2D eigenvalue weighted by molar-refractivity contribution is -0.146. The van der Waals surface area contributed by atoms with Crippen molar-refractivity contribution in [2.24, 2.45) is 5.11 Å². The molecule has 0 saturated heterocycles. The van der Waals surface area contributed by atoms with Crippen molar-refractivity contribution in [2.75, 3.05) is 19.0 Å². The molecule has 4 rings (SSSR count). The number of nitrogens with zero attached hydrogens (tertiary/aromatic N) is 7. The quantitative estimate of drug-likeness (QED) is 0.103. The molecule has 1 aliphatic rings. The number of fused-ring (bicyclic) bond motifs is 3. The molecule has 4 N–H and O–H groups in total. The molecule has 16 nitrogen and oxygen atoms in total. The van der Waals surface area contributed by atoms with Crippen molar-refractivity contribution >= 4 is 29.4 Å². The molecule has 1 aliphatic heterocycles. The summed E-state index contributed by atoms with van der Waals surface area (Å²) in [4.78, 5) is 53.7. The molecule has 1 aromatic heterocycles. The maximum atomic E-state index is 13.1. The Balaban J connectivity index is 1.40. The van der Waals surface area contributed by atoms with Gasteiger partial charge in [0.1, 0.15) is 23.7 Å². The first-order valence-corrected chi connectivity index (χ1v) is 12.9. The number of para-hydroxylation sites is 2. The zero-order valence-electron chi connectivity index (χ0n) is 23.0. The molecule has 2 heterocycles. The van der Waals surface area contributed by atoms with E-state index in [0.29, 0.717) is 11.3 Å². The largest absolute Gasteiger partial charge is 0.467 e. The Kier molecular flexibility index (Phi) is 8.97. The molecule has 2 aromatic carbocycles. The summed E-state index contributed by atoms with van der Waals surface area (Å²) < 4.78 is 6.30. The lowest BCUT2D eigenvalue weighted by atomic mass is 9.85. The summed E-state index contributed by atoms with van der Waals surface area (Å²) in [5.41, 5.74) is 9.72. The first kappa shape index (κ1) is 29.5. The van der Waals surface area contributed by atoms with Gasteiger partial charge in [0.2, 0.25) is 17.7 Å². The first-order chi connectivity index (χ1) is 20.2. The summed E-state index contributed by atoms with van der Waals surface area (Å²) in [6, 6.07) is 13.0. The minimum Gasteiger partial charge on any atom is -0.467 e. The molecule has 16 heteroatoms. The van der Waals surface area contributed by atoms with Crippen molar-refractivity contribution in [1.29, 1.82) is 0 Å². The van der Waals surface area contributed by atoms with Gasteiger partial charge in [-0.25, -0.2) is 4.79 Å². The molecule has 0 bridgehead atoms. The second-order valence-corrected chi connectivity index (χ2v) is 9.51. The molecule has 4 atom stereocenters. The summed E-state index contributed by atoms with van der Waals surface area (Å²) in [7, 11) is 1.15. The van der Waals surface area contributed by atoms with Crippen molar-refractivity contribution in [2.45, 2.75) is 43.9 Å². The van der Waals surface area contributed by atoms with Gasteiger partial charge >= 0.3 is 5.97 Å². The number of hydrogen-bond acceptors (Lipinski definition) is 10. The highest BCUT2D eigenvalue weighted by atomic mass is 16.5. The van der Waals surface area contributed by atoms with Crippen LogP contribution in [0.5, 0.6) is 0 Å². The van der Waals surface area contributed by atoms with Crippen LogP contribution in [0.3, 0.4) is 0 Å². The summed E-state index contributed by atoms with van der Waals surface area (Å²) >= 11 is 0. The highest BCUT2D eigenvalue weighted by molar-refractivity contribution is 5.93. The number of methoxy groups -OCH3 is 1. The molecule has 0 spiro atoms. The molecule has 0 fully saturated rings. The van der Waals surface area contributed by atoms with Crippen LogP contribution < -0.4 is 21.3 Å². The number of rotatable bonds is 12. The Labute approximate surface area is 239 Å². The number of esters is 1. The number of benzene rings is 2. The van der Waals surface area contributed by atoms with Crippen LogP contribution in [0.1, 0.15) is 31.7 Å². The van der Waals surface area contributed by atoms with E-state index in [1.807, 2.05) is 18.2 Å². The predicted molar refractivity (Wildman–Crippen MR) is 148 cm³/mol. The van der Waals surface area contributed by atoms with E-state index in [2.05, 4.69) is 46.8 Å². The van der Waals surface area contributed by atoms with Crippen LogP contribution in [0.4, 0.5) is 5.69 Å². The van der Waals surface area contributed by atoms with E-state index in [4.69, 9.17) is 4.74 Å². The number of carbonyl (C=O) groups is 4. The number of nitrogens with one attached hydrogen (secondary N) is 4. The highest BCUT2D eigenvalue weighted by Crippen LogP contribution is 2.45. The molecular weight excluding hydrogens is 546 g/mol. The van der Waals surface area contributed by atoms with Crippen LogP contribution >= 0.6 is 0 Å². The second-order valence-electron chi connectivity index (χ2n) is 9.51. The fourth-order valence-corrected chi connectivity index (χ4v) is 4.61. The van der Waals surface area contributed by atoms with Crippen molar-refractivity contribution in [3.8, 4) is 5.69 Å². The molecule has 0 aliphatic carbocycles. The first-order valence-electron chi connectivity index (χ1n) is 12.9. The van der Waals surface area contributed by atoms with E-state index in [9.17, 15) is 24.7 Å². The van der Waals surface area contributed by atoms with Gasteiger partial charge in [0, 0.05) is 17.0 Å². The average Bonchev–Trinajstić information content (AvgIpc) is 3.58. The number of hydrogen-bond donors (Lipinski definition) is 4. The van der Waals surface area contributed by atoms with Crippen LogP contribution in [-0.4, -0.2) is 75.7 Å². The smallest absolute Gasteiger partial charge is 0.328 e. The van der Waals surface area contributed by atoms with Crippen LogP contribution in [-0.2, 0) is 29.5 Å². The third kappa shape index (κ3) is 6.13. The summed E-state index contributed by atoms with van der Waals surface area (Å²) in [5, 5.41) is 26.2. The summed E-state index contributed by atoms with van der Waals surface area (Å²) in [6.45, 7) is 2.68. The highest BCUT2D eigenvalue weighted by Gasteiger charge is 2.49. The van der Waals surface area contributed by atoms with Gasteiger partial charge in [-0.3, -0.25) is 14.4 Å². The molecule has 0 saturated carbocycles. The fraction of sp³-hybridized carbons (Fsp3) is 0.346. The number of aromatic nitrogens is 4. The van der Waals surface area contributed by atoms with E-state index in [1.54, 1.807) is 43.3 Å². The van der Waals surface area contributed by atoms with Crippen molar-refractivity contribution in [1.82, 2.24) is 36.2 Å². The Bertz CT molecular complexity index is 1520. The third-order valence-electron chi connectivity index (χ3n) is 6.68. The molecule has 3 amide bonds. The second kappa shape index (κ2) is 12.8. The van der Waals surface area contributed by atoms with Crippen molar-refractivity contribution < 1.29 is 23.9 Å². The zero-order chi connectivity index (χ0) is 30.3. The number of carbonyl (C=O) groups excluding carboxylic acids is 4. The predicted octanol–water partition coefficient (Wildman–Crippen LogP) is 0.699. The molecular formula is C26H29N11O5. The number of amides is 3. The maximum absolute atomic E-state index is 13.1. The Morgan fingerprint density at radius 1 is 1.02 bits per heavy atom. The zero-order valence-corrected chi connectivity index (χ0v) is 23.0. The molecule has 0 radical (unpaired) electrons. The molecule has 1 unspecified atom stereocenters. The summed E-state index contributed by atoms with van der Waals surface area (Å²) in [5.74, 6) is -2.41. The van der Waals surface area contributed by atoms with Gasteiger partial charge < -0.3 is 26.0 Å². The van der Waals surface area contributed by atoms with Crippen molar-refractivity contribution in [3.63, 3.8) is 0 Å². The lowest BCUT2D eigenvalue weighted by Crippen LogP contribution is -2.53. The maximum Gasteiger partial charge on any atom is 0.328 e. The van der Waals surface area contributed by atoms with E-state index in [0.717, 1.165) is 12.8 Å². The Hall–Kier alpha value is -5.50. The van der Waals surface area contributed by atoms with Crippen LogP contribution in [0.15, 0.2) is 59.7 Å². The number of ether oxygens (including phenoxy) is 1. The number of tetrazole rings is 1. The van der Waals surface area contributed by atoms with E-state index in [1.165, 1.54) is 11.6 Å². The Morgan fingerprint density at radius 3 is 2.45 bits per heavy atom. The van der Waals surface area contributed by atoms with E-state index < -0.39 is 47.4 Å². The van der Waals surface area contributed by atoms with Gasteiger partial charge in [-0.05, 0) is 53.6 Å². The minimum absolute atomic E-state index is 0.165. The molecule has 3 aromatic rings. The molecule has 42 heavy (non-hydrogen) atoms. The molecule has 218 valence electrons. The number of azide groups is 1. The van der Waals surface area contributed by atoms with Gasteiger partial charge in [-0.1, -0.05) is 41.5 Å². The lowest BCUT2D eigenvalue weighted by Gasteiger charge is -2.28. The standard InChI is InChI=1S/C26H29N11O5/c1-15(29-17-9-5-4-6-10-17)22(39)28-14-21(38)30-16(2)23(40)31-19(24(41)42-3)13-26(33-34-27)18-11-7-8-12-20(18)37-25(26)32-35-36-37/h4-12,15-16,19,29H,13-14H2,1-3H3,(H,28,39)(H,30,38)(H,31,40)/t15-,16-,19-,26?/m0/s1. The normalized spacial score (nSPS) is 16.8. The SMILES string of the molecule is COC(=O)[C@H](CC1(N=[N+]=[N-])c2ccccc2-n2nnnc21)NC(=O)[C@H](C)NC(=O)CNC(=O)[C@H](C)Nc1ccccc1. The van der Waals surface area contributed by atoms with Gasteiger partial charge in [0.25, 0.3) is 0 Å². The number of anilines is 1.